The standard InChI is InChI=1S/C18H30N4.HI/c1-15-9-7-8-13-22(15)14-12-20-18(19-3)21-16(2)17-10-5-4-6-11-17;/h4-6,10-11,15-16H,7-9,12-14H2,1-3H3,(H2,19,20,21);1H. The van der Waals surface area contributed by atoms with Gasteiger partial charge in [0, 0.05) is 26.2 Å². The van der Waals surface area contributed by atoms with E-state index in [1.165, 1.54) is 31.4 Å². The van der Waals surface area contributed by atoms with Crippen LogP contribution in [0.15, 0.2) is 35.3 Å². The van der Waals surface area contributed by atoms with Gasteiger partial charge in [0.15, 0.2) is 5.96 Å². The first kappa shape index (κ1) is 20.2. The van der Waals surface area contributed by atoms with Gasteiger partial charge in [-0.25, -0.2) is 0 Å². The Hall–Kier alpha value is -0.820. The number of rotatable bonds is 5. The molecule has 23 heavy (non-hydrogen) atoms. The van der Waals surface area contributed by atoms with Crippen LogP contribution in [0, 0.1) is 0 Å². The largest absolute Gasteiger partial charge is 0.355 e. The molecule has 4 nitrogen and oxygen atoms in total. The molecule has 1 aliphatic heterocycles. The lowest BCUT2D eigenvalue weighted by Crippen LogP contribution is -2.45. The molecule has 1 aliphatic rings. The van der Waals surface area contributed by atoms with E-state index in [-0.39, 0.29) is 30.0 Å². The molecule has 1 aromatic carbocycles. The molecule has 0 radical (unpaired) electrons. The quantitative estimate of drug-likeness (QED) is 0.428. The number of benzene rings is 1. The lowest BCUT2D eigenvalue weighted by Gasteiger charge is -2.33. The number of likely N-dealkylation sites (tertiary alicyclic amines) is 1. The maximum absolute atomic E-state index is 4.33. The molecule has 0 aliphatic carbocycles. The molecule has 0 saturated carbocycles. The molecule has 1 aromatic rings. The summed E-state index contributed by atoms with van der Waals surface area (Å²) in [5.74, 6) is 0.876. The van der Waals surface area contributed by atoms with E-state index < -0.39 is 0 Å². The van der Waals surface area contributed by atoms with Gasteiger partial charge in [-0.2, -0.15) is 0 Å². The van der Waals surface area contributed by atoms with Crippen LogP contribution >= 0.6 is 24.0 Å². The molecule has 2 unspecified atom stereocenters. The molecule has 1 saturated heterocycles. The van der Waals surface area contributed by atoms with Crippen molar-refractivity contribution in [3.05, 3.63) is 35.9 Å². The van der Waals surface area contributed by atoms with Gasteiger partial charge in [0.2, 0.25) is 0 Å². The molecule has 0 amide bonds. The second-order valence-corrected chi connectivity index (χ2v) is 6.16. The van der Waals surface area contributed by atoms with Gasteiger partial charge < -0.3 is 10.6 Å². The Morgan fingerprint density at radius 1 is 1.30 bits per heavy atom. The van der Waals surface area contributed by atoms with E-state index in [9.17, 15) is 0 Å². The summed E-state index contributed by atoms with van der Waals surface area (Å²) in [6.07, 6.45) is 4.04. The molecule has 1 heterocycles. The Balaban J connectivity index is 0.00000264. The Bertz CT molecular complexity index is 463. The lowest BCUT2D eigenvalue weighted by atomic mass is 10.0. The van der Waals surface area contributed by atoms with E-state index >= 15 is 0 Å². The van der Waals surface area contributed by atoms with Crippen LogP contribution in [-0.2, 0) is 0 Å². The Kier molecular flexibility index (Phi) is 9.55. The summed E-state index contributed by atoms with van der Waals surface area (Å²) in [5.41, 5.74) is 1.27. The van der Waals surface area contributed by atoms with E-state index in [2.05, 4.69) is 58.6 Å². The van der Waals surface area contributed by atoms with Crippen LogP contribution in [0.25, 0.3) is 0 Å². The zero-order valence-electron chi connectivity index (χ0n) is 14.6. The van der Waals surface area contributed by atoms with Crippen molar-refractivity contribution in [2.75, 3.05) is 26.7 Å². The summed E-state index contributed by atoms with van der Waals surface area (Å²) < 4.78 is 0. The van der Waals surface area contributed by atoms with E-state index in [4.69, 9.17) is 0 Å². The second kappa shape index (κ2) is 10.9. The molecule has 2 N–H and O–H groups in total. The van der Waals surface area contributed by atoms with Crippen LogP contribution in [-0.4, -0.2) is 43.6 Å². The predicted molar refractivity (Wildman–Crippen MR) is 110 cm³/mol. The molecular formula is C18H31IN4. The van der Waals surface area contributed by atoms with Crippen molar-refractivity contribution >= 4 is 29.9 Å². The fourth-order valence-electron chi connectivity index (χ4n) is 3.03. The van der Waals surface area contributed by atoms with E-state index in [0.717, 1.165) is 19.0 Å². The first-order valence-corrected chi connectivity index (χ1v) is 8.47. The zero-order chi connectivity index (χ0) is 15.8. The van der Waals surface area contributed by atoms with E-state index in [0.29, 0.717) is 6.04 Å². The second-order valence-electron chi connectivity index (χ2n) is 6.16. The van der Waals surface area contributed by atoms with E-state index in [1.807, 2.05) is 13.1 Å². The predicted octanol–water partition coefficient (Wildman–Crippen LogP) is 3.41. The number of nitrogens with zero attached hydrogens (tertiary/aromatic N) is 2. The van der Waals surface area contributed by atoms with Crippen LogP contribution in [0.1, 0.15) is 44.7 Å². The summed E-state index contributed by atoms with van der Waals surface area (Å²) in [4.78, 5) is 6.90. The van der Waals surface area contributed by atoms with E-state index in [1.54, 1.807) is 0 Å². The highest BCUT2D eigenvalue weighted by Gasteiger charge is 2.17. The van der Waals surface area contributed by atoms with Crippen LogP contribution in [0.3, 0.4) is 0 Å². The minimum atomic E-state index is 0. The number of piperidine rings is 1. The molecule has 5 heteroatoms. The summed E-state index contributed by atoms with van der Waals surface area (Å²) in [5, 5.41) is 6.89. The third-order valence-electron chi connectivity index (χ3n) is 4.51. The summed E-state index contributed by atoms with van der Waals surface area (Å²) in [6, 6.07) is 11.4. The number of guanidine groups is 1. The van der Waals surface area contributed by atoms with Gasteiger partial charge in [-0.1, -0.05) is 36.8 Å². The molecule has 1 fully saturated rings. The van der Waals surface area contributed by atoms with Crippen molar-refractivity contribution in [3.8, 4) is 0 Å². The van der Waals surface area contributed by atoms with Gasteiger partial charge >= 0.3 is 0 Å². The summed E-state index contributed by atoms with van der Waals surface area (Å²) in [6.45, 7) is 7.75. The van der Waals surface area contributed by atoms with Gasteiger partial charge in [-0.15, -0.1) is 24.0 Å². The van der Waals surface area contributed by atoms with Gasteiger partial charge in [-0.3, -0.25) is 9.89 Å². The highest BCUT2D eigenvalue weighted by atomic mass is 127. The topological polar surface area (TPSA) is 39.7 Å². The average molecular weight is 430 g/mol. The highest BCUT2D eigenvalue weighted by molar-refractivity contribution is 14.0. The van der Waals surface area contributed by atoms with Gasteiger partial charge in [0.05, 0.1) is 6.04 Å². The highest BCUT2D eigenvalue weighted by Crippen LogP contribution is 2.15. The van der Waals surface area contributed by atoms with Gasteiger partial charge in [-0.05, 0) is 38.8 Å². The first-order valence-electron chi connectivity index (χ1n) is 8.47. The van der Waals surface area contributed by atoms with Crippen molar-refractivity contribution in [2.24, 2.45) is 4.99 Å². The number of hydrogen-bond donors (Lipinski definition) is 2. The third kappa shape index (κ3) is 6.67. The molecule has 2 rings (SSSR count). The van der Waals surface area contributed by atoms with Crippen molar-refractivity contribution in [3.63, 3.8) is 0 Å². The molecule has 130 valence electrons. The Morgan fingerprint density at radius 3 is 2.70 bits per heavy atom. The zero-order valence-corrected chi connectivity index (χ0v) is 16.9. The van der Waals surface area contributed by atoms with Gasteiger partial charge in [0.1, 0.15) is 0 Å². The minimum Gasteiger partial charge on any atom is -0.355 e. The molecule has 2 atom stereocenters. The first-order chi connectivity index (χ1) is 10.7. The summed E-state index contributed by atoms with van der Waals surface area (Å²) >= 11 is 0. The fourth-order valence-corrected chi connectivity index (χ4v) is 3.03. The molecular weight excluding hydrogens is 399 g/mol. The maximum atomic E-state index is 4.33. The van der Waals surface area contributed by atoms with Crippen LogP contribution < -0.4 is 10.6 Å². The minimum absolute atomic E-state index is 0. The maximum Gasteiger partial charge on any atom is 0.191 e. The van der Waals surface area contributed by atoms with Crippen LogP contribution in [0.4, 0.5) is 0 Å². The van der Waals surface area contributed by atoms with Crippen LogP contribution in [0.5, 0.6) is 0 Å². The van der Waals surface area contributed by atoms with Gasteiger partial charge in [0.25, 0.3) is 0 Å². The van der Waals surface area contributed by atoms with Crippen molar-refractivity contribution in [1.29, 1.82) is 0 Å². The van der Waals surface area contributed by atoms with Crippen molar-refractivity contribution < 1.29 is 0 Å². The van der Waals surface area contributed by atoms with Crippen molar-refractivity contribution in [1.82, 2.24) is 15.5 Å². The number of halogens is 1. The normalized spacial score (nSPS) is 20.5. The number of hydrogen-bond acceptors (Lipinski definition) is 2. The molecule has 0 spiro atoms. The lowest BCUT2D eigenvalue weighted by molar-refractivity contribution is 0.163. The Morgan fingerprint density at radius 2 is 2.04 bits per heavy atom. The molecule has 0 aromatic heterocycles. The fraction of sp³-hybridized carbons (Fsp3) is 0.611. The SMILES string of the molecule is CN=C(NCCN1CCCCC1C)NC(C)c1ccccc1.I. The monoisotopic (exact) mass is 430 g/mol. The molecule has 0 bridgehead atoms. The van der Waals surface area contributed by atoms with Crippen molar-refractivity contribution in [2.45, 2.75) is 45.2 Å². The van der Waals surface area contributed by atoms with Crippen LogP contribution in [0.2, 0.25) is 0 Å². The Labute approximate surface area is 158 Å². The smallest absolute Gasteiger partial charge is 0.191 e. The average Bonchev–Trinajstić information content (AvgIpc) is 2.56. The number of aliphatic imine (C=N–C) groups is 1. The number of nitrogens with one attached hydrogen (secondary N) is 2. The summed E-state index contributed by atoms with van der Waals surface area (Å²) in [7, 11) is 1.83. The third-order valence-corrected chi connectivity index (χ3v) is 4.51.